The molecule has 1 heterocycles. The third kappa shape index (κ3) is 4.87. The number of benzene rings is 2. The maximum Gasteiger partial charge on any atom is 0.261 e. The molecule has 0 fully saturated rings. The molecule has 3 aromatic rings. The van der Waals surface area contributed by atoms with Crippen LogP contribution in [0.15, 0.2) is 59.7 Å². The van der Waals surface area contributed by atoms with E-state index in [4.69, 9.17) is 0 Å². The van der Waals surface area contributed by atoms with Crippen molar-refractivity contribution >= 4 is 22.7 Å². The molecule has 0 aliphatic heterocycles. The number of para-hydroxylation sites is 1. The zero-order valence-corrected chi connectivity index (χ0v) is 15.9. The number of amides is 2. The maximum atomic E-state index is 12.4. The first kappa shape index (κ1) is 19.8. The van der Waals surface area contributed by atoms with Crippen LogP contribution in [-0.2, 0) is 11.3 Å². The number of nitrogens with one attached hydrogen (secondary N) is 2. The predicted octanol–water partition coefficient (Wildman–Crippen LogP) is 1.31. The fourth-order valence-corrected chi connectivity index (χ4v) is 2.78. The third-order valence-electron chi connectivity index (χ3n) is 4.31. The van der Waals surface area contributed by atoms with Crippen LogP contribution in [0.3, 0.4) is 0 Å². The number of hydrogen-bond donors (Lipinski definition) is 2. The number of hydrogen-bond acceptors (Lipinski definition) is 4. The average Bonchev–Trinajstić information content (AvgIpc) is 2.76. The lowest BCUT2D eigenvalue weighted by atomic mass is 10.1. The van der Waals surface area contributed by atoms with Crippen LogP contribution in [0.2, 0.25) is 0 Å². The highest BCUT2D eigenvalue weighted by atomic mass is 16.2. The molecule has 0 radical (unpaired) electrons. The SMILES string of the molecule is CNC(=O)c1ccccc1C#CCNC(=O)CCn1cnc2ccccc2c1=O. The second-order valence-corrected chi connectivity index (χ2v) is 6.21. The normalized spacial score (nSPS) is 10.1. The van der Waals surface area contributed by atoms with Gasteiger partial charge in [-0.15, -0.1) is 0 Å². The van der Waals surface area contributed by atoms with E-state index < -0.39 is 0 Å². The number of fused-ring (bicyclic) bond motifs is 1. The van der Waals surface area contributed by atoms with Gasteiger partial charge in [-0.25, -0.2) is 4.98 Å². The van der Waals surface area contributed by atoms with E-state index in [1.54, 1.807) is 49.5 Å². The summed E-state index contributed by atoms with van der Waals surface area (Å²) in [5, 5.41) is 5.79. The van der Waals surface area contributed by atoms with Gasteiger partial charge in [0.25, 0.3) is 11.5 Å². The Morgan fingerprint density at radius 2 is 1.86 bits per heavy atom. The lowest BCUT2D eigenvalue weighted by Gasteiger charge is -2.06. The van der Waals surface area contributed by atoms with Gasteiger partial charge in [-0.1, -0.05) is 36.1 Å². The molecule has 29 heavy (non-hydrogen) atoms. The highest BCUT2D eigenvalue weighted by molar-refractivity contribution is 5.96. The van der Waals surface area contributed by atoms with Gasteiger partial charge in [0, 0.05) is 25.6 Å². The van der Waals surface area contributed by atoms with Crippen molar-refractivity contribution in [3.05, 3.63) is 76.3 Å². The minimum atomic E-state index is -0.223. The van der Waals surface area contributed by atoms with Gasteiger partial charge in [-0.05, 0) is 24.3 Å². The van der Waals surface area contributed by atoms with Crippen molar-refractivity contribution in [1.82, 2.24) is 20.2 Å². The molecule has 0 aliphatic carbocycles. The fraction of sp³-hybridized carbons (Fsp3) is 0.182. The summed E-state index contributed by atoms with van der Waals surface area (Å²) in [5.41, 5.74) is 1.53. The van der Waals surface area contributed by atoms with Crippen molar-refractivity contribution in [2.45, 2.75) is 13.0 Å². The fourth-order valence-electron chi connectivity index (χ4n) is 2.78. The molecule has 0 aliphatic rings. The van der Waals surface area contributed by atoms with Crippen LogP contribution in [0.1, 0.15) is 22.3 Å². The van der Waals surface area contributed by atoms with Gasteiger partial charge < -0.3 is 10.6 Å². The summed E-state index contributed by atoms with van der Waals surface area (Å²) in [6, 6.07) is 14.1. The minimum absolute atomic E-state index is 0.135. The van der Waals surface area contributed by atoms with E-state index in [1.807, 2.05) is 6.07 Å². The highest BCUT2D eigenvalue weighted by Gasteiger charge is 2.07. The Bertz CT molecular complexity index is 1170. The summed E-state index contributed by atoms with van der Waals surface area (Å²) < 4.78 is 1.42. The molecule has 0 spiro atoms. The summed E-state index contributed by atoms with van der Waals surface area (Å²) in [7, 11) is 1.56. The number of nitrogens with zero attached hydrogens (tertiary/aromatic N) is 2. The van der Waals surface area contributed by atoms with E-state index in [0.29, 0.717) is 22.0 Å². The third-order valence-corrected chi connectivity index (χ3v) is 4.31. The van der Waals surface area contributed by atoms with E-state index in [9.17, 15) is 14.4 Å². The Morgan fingerprint density at radius 1 is 1.10 bits per heavy atom. The summed E-state index contributed by atoms with van der Waals surface area (Å²) in [6.45, 7) is 0.376. The molecule has 7 heteroatoms. The van der Waals surface area contributed by atoms with Gasteiger partial charge in [0.15, 0.2) is 0 Å². The summed E-state index contributed by atoms with van der Waals surface area (Å²) in [4.78, 5) is 40.5. The average molecular weight is 388 g/mol. The van der Waals surface area contributed by atoms with Crippen LogP contribution in [0, 0.1) is 11.8 Å². The van der Waals surface area contributed by atoms with Crippen LogP contribution in [-0.4, -0.2) is 35.0 Å². The van der Waals surface area contributed by atoms with Crippen molar-refractivity contribution in [2.75, 3.05) is 13.6 Å². The van der Waals surface area contributed by atoms with E-state index in [2.05, 4.69) is 27.5 Å². The quantitative estimate of drug-likeness (QED) is 0.645. The van der Waals surface area contributed by atoms with Crippen molar-refractivity contribution < 1.29 is 9.59 Å². The highest BCUT2D eigenvalue weighted by Crippen LogP contribution is 2.07. The molecule has 3 rings (SSSR count). The van der Waals surface area contributed by atoms with Gasteiger partial charge in [0.2, 0.25) is 5.91 Å². The first-order valence-corrected chi connectivity index (χ1v) is 9.11. The monoisotopic (exact) mass is 388 g/mol. The Kier molecular flexibility index (Phi) is 6.38. The largest absolute Gasteiger partial charge is 0.355 e. The number of aryl methyl sites for hydroxylation is 1. The maximum absolute atomic E-state index is 12.4. The van der Waals surface area contributed by atoms with Gasteiger partial charge >= 0.3 is 0 Å². The van der Waals surface area contributed by atoms with Crippen LogP contribution < -0.4 is 16.2 Å². The number of carbonyl (C=O) groups excluding carboxylic acids is 2. The zero-order chi connectivity index (χ0) is 20.6. The molecular weight excluding hydrogens is 368 g/mol. The molecule has 1 aromatic heterocycles. The summed E-state index contributed by atoms with van der Waals surface area (Å²) in [5.74, 6) is 5.30. The summed E-state index contributed by atoms with van der Waals surface area (Å²) in [6.07, 6.45) is 1.59. The molecule has 2 amide bonds. The molecule has 2 N–H and O–H groups in total. The van der Waals surface area contributed by atoms with Crippen LogP contribution in [0.4, 0.5) is 0 Å². The number of carbonyl (C=O) groups is 2. The first-order chi connectivity index (χ1) is 14.1. The topological polar surface area (TPSA) is 93.1 Å². The van der Waals surface area contributed by atoms with E-state index in [1.165, 1.54) is 10.9 Å². The Morgan fingerprint density at radius 3 is 2.69 bits per heavy atom. The van der Waals surface area contributed by atoms with Gasteiger partial charge in [-0.2, -0.15) is 0 Å². The Labute approximate surface area is 167 Å². The van der Waals surface area contributed by atoms with Gasteiger partial charge in [0.05, 0.1) is 29.3 Å². The van der Waals surface area contributed by atoms with E-state index >= 15 is 0 Å². The standard InChI is InChI=1S/C22H20N4O3/c1-23-21(28)17-9-3-2-7-16(17)8-6-13-24-20(27)12-14-26-15-25-19-11-5-4-10-18(19)22(26)29/h2-5,7,9-11,15H,12-14H2,1H3,(H,23,28)(H,24,27). The second kappa shape index (κ2) is 9.33. The minimum Gasteiger partial charge on any atom is -0.355 e. The zero-order valence-electron chi connectivity index (χ0n) is 15.9. The van der Waals surface area contributed by atoms with Crippen molar-refractivity contribution in [3.8, 4) is 11.8 Å². The van der Waals surface area contributed by atoms with E-state index in [0.717, 1.165) is 0 Å². The lowest BCUT2D eigenvalue weighted by Crippen LogP contribution is -2.27. The van der Waals surface area contributed by atoms with Crippen molar-refractivity contribution in [2.24, 2.45) is 0 Å². The smallest absolute Gasteiger partial charge is 0.261 e. The van der Waals surface area contributed by atoms with Crippen LogP contribution >= 0.6 is 0 Å². The molecule has 146 valence electrons. The first-order valence-electron chi connectivity index (χ1n) is 9.11. The summed E-state index contributed by atoms with van der Waals surface area (Å²) >= 11 is 0. The Hall–Kier alpha value is -3.92. The molecule has 2 aromatic carbocycles. The van der Waals surface area contributed by atoms with Crippen LogP contribution in [0.5, 0.6) is 0 Å². The number of aromatic nitrogens is 2. The molecule has 0 saturated heterocycles. The van der Waals surface area contributed by atoms with Crippen molar-refractivity contribution in [3.63, 3.8) is 0 Å². The van der Waals surface area contributed by atoms with Crippen LogP contribution in [0.25, 0.3) is 10.9 Å². The van der Waals surface area contributed by atoms with Gasteiger partial charge in [0.1, 0.15) is 0 Å². The number of rotatable bonds is 5. The van der Waals surface area contributed by atoms with Gasteiger partial charge in [-0.3, -0.25) is 19.0 Å². The Balaban J connectivity index is 1.56. The van der Waals surface area contributed by atoms with E-state index in [-0.39, 0.29) is 36.9 Å². The lowest BCUT2D eigenvalue weighted by molar-refractivity contribution is -0.121. The second-order valence-electron chi connectivity index (χ2n) is 6.21. The predicted molar refractivity (Wildman–Crippen MR) is 110 cm³/mol. The molecular formula is C22H20N4O3. The van der Waals surface area contributed by atoms with Crippen molar-refractivity contribution in [1.29, 1.82) is 0 Å². The molecule has 0 unspecified atom stereocenters. The molecule has 0 atom stereocenters. The molecule has 7 nitrogen and oxygen atoms in total. The molecule has 0 saturated carbocycles. The molecule has 0 bridgehead atoms.